The third-order valence-electron chi connectivity index (χ3n) is 3.65. The molecule has 1 aromatic heterocycles. The summed E-state index contributed by atoms with van der Waals surface area (Å²) in [6.07, 6.45) is -3.66. The van der Waals surface area contributed by atoms with Crippen LogP contribution in [0.15, 0.2) is 35.3 Å². The van der Waals surface area contributed by atoms with E-state index in [1.165, 1.54) is 0 Å². The van der Waals surface area contributed by atoms with Gasteiger partial charge in [0.25, 0.3) is 11.5 Å². The Morgan fingerprint density at radius 1 is 1.28 bits per heavy atom. The number of carbonyl (C=O) groups is 1. The second-order valence-electron chi connectivity index (χ2n) is 5.44. The zero-order valence-corrected chi connectivity index (χ0v) is 13.7. The zero-order valence-electron chi connectivity index (χ0n) is 13.7. The van der Waals surface area contributed by atoms with E-state index < -0.39 is 28.8 Å². The summed E-state index contributed by atoms with van der Waals surface area (Å²) < 4.78 is 43.2. The molecule has 8 heteroatoms. The number of aromatic nitrogens is 1. The number of hydrogen-bond acceptors (Lipinski definition) is 3. The maximum Gasteiger partial charge on any atom is 0.417 e. The lowest BCUT2D eigenvalue weighted by Gasteiger charge is -2.10. The molecule has 1 amide bonds. The molecule has 2 rings (SSSR count). The molecule has 0 radical (unpaired) electrons. The SMILES string of the molecule is COc1cc(CCNC(=O)c2cc(C(F)(F)F)c[nH]c2=O)ccc1C. The number of rotatable bonds is 5. The summed E-state index contributed by atoms with van der Waals surface area (Å²) in [5.74, 6) is -0.149. The van der Waals surface area contributed by atoms with Gasteiger partial charge in [-0.05, 0) is 36.6 Å². The fraction of sp³-hybridized carbons (Fsp3) is 0.294. The molecule has 1 aromatic carbocycles. The zero-order chi connectivity index (χ0) is 18.6. The second kappa shape index (κ2) is 7.42. The molecule has 5 nitrogen and oxygen atoms in total. The van der Waals surface area contributed by atoms with Gasteiger partial charge in [-0.3, -0.25) is 9.59 Å². The van der Waals surface area contributed by atoms with Crippen molar-refractivity contribution in [2.24, 2.45) is 0 Å². The van der Waals surface area contributed by atoms with Gasteiger partial charge in [-0.15, -0.1) is 0 Å². The average molecular weight is 354 g/mol. The van der Waals surface area contributed by atoms with Gasteiger partial charge in [0, 0.05) is 12.7 Å². The predicted octanol–water partition coefficient (Wildman–Crippen LogP) is 2.68. The lowest BCUT2D eigenvalue weighted by molar-refractivity contribution is -0.137. The summed E-state index contributed by atoms with van der Waals surface area (Å²) in [6.45, 7) is 2.06. The first-order valence-electron chi connectivity index (χ1n) is 7.44. The number of carbonyl (C=O) groups excluding carboxylic acids is 1. The quantitative estimate of drug-likeness (QED) is 0.867. The molecule has 134 valence electrons. The van der Waals surface area contributed by atoms with Crippen molar-refractivity contribution >= 4 is 5.91 Å². The van der Waals surface area contributed by atoms with Crippen LogP contribution in [0.2, 0.25) is 0 Å². The van der Waals surface area contributed by atoms with E-state index in [4.69, 9.17) is 4.74 Å². The molecule has 1 heterocycles. The summed E-state index contributed by atoms with van der Waals surface area (Å²) in [5.41, 5.74) is -0.675. The largest absolute Gasteiger partial charge is 0.496 e. The first-order chi connectivity index (χ1) is 11.7. The van der Waals surface area contributed by atoms with Gasteiger partial charge in [-0.2, -0.15) is 13.2 Å². The number of benzene rings is 1. The third-order valence-corrected chi connectivity index (χ3v) is 3.65. The van der Waals surface area contributed by atoms with Crippen LogP contribution in [-0.4, -0.2) is 24.5 Å². The molecule has 0 unspecified atom stereocenters. The maximum atomic E-state index is 12.7. The topological polar surface area (TPSA) is 71.2 Å². The highest BCUT2D eigenvalue weighted by molar-refractivity contribution is 5.93. The number of alkyl halides is 3. The van der Waals surface area contributed by atoms with E-state index in [1.807, 2.05) is 30.1 Å². The highest BCUT2D eigenvalue weighted by atomic mass is 19.4. The number of methoxy groups -OCH3 is 1. The molecule has 2 aromatic rings. The Balaban J connectivity index is 2.05. The summed E-state index contributed by atoms with van der Waals surface area (Å²) in [7, 11) is 1.55. The highest BCUT2D eigenvalue weighted by Crippen LogP contribution is 2.28. The standard InChI is InChI=1S/C17H17F3N2O3/c1-10-3-4-11(7-14(10)25-2)5-6-21-15(23)13-8-12(17(18,19)20)9-22-16(13)24/h3-4,7-9H,5-6H2,1-2H3,(H,21,23)(H,22,24). The Hall–Kier alpha value is -2.77. The van der Waals surface area contributed by atoms with Gasteiger partial charge in [-0.25, -0.2) is 0 Å². The van der Waals surface area contributed by atoms with Gasteiger partial charge >= 0.3 is 6.18 Å². The molecular weight excluding hydrogens is 337 g/mol. The van der Waals surface area contributed by atoms with Crippen molar-refractivity contribution in [3.05, 3.63) is 63.1 Å². The van der Waals surface area contributed by atoms with Crippen LogP contribution in [0.5, 0.6) is 5.75 Å². The van der Waals surface area contributed by atoms with E-state index in [9.17, 15) is 22.8 Å². The van der Waals surface area contributed by atoms with E-state index in [2.05, 4.69) is 5.32 Å². The van der Waals surface area contributed by atoms with Crippen molar-refractivity contribution in [2.45, 2.75) is 19.5 Å². The molecule has 0 fully saturated rings. The molecule has 0 saturated carbocycles. The van der Waals surface area contributed by atoms with E-state index in [0.717, 1.165) is 11.1 Å². The van der Waals surface area contributed by atoms with Gasteiger partial charge in [-0.1, -0.05) is 12.1 Å². The van der Waals surface area contributed by atoms with Crippen LogP contribution in [0.25, 0.3) is 0 Å². The van der Waals surface area contributed by atoms with E-state index in [1.54, 1.807) is 7.11 Å². The Morgan fingerprint density at radius 3 is 2.64 bits per heavy atom. The van der Waals surface area contributed by atoms with Gasteiger partial charge in [0.05, 0.1) is 12.7 Å². The monoisotopic (exact) mass is 354 g/mol. The number of halogens is 3. The number of aromatic amines is 1. The van der Waals surface area contributed by atoms with Crippen LogP contribution in [0.3, 0.4) is 0 Å². The van der Waals surface area contributed by atoms with Gasteiger partial charge in [0.15, 0.2) is 0 Å². The number of ether oxygens (including phenoxy) is 1. The molecule has 0 aliphatic rings. The van der Waals surface area contributed by atoms with Crippen molar-refractivity contribution in [1.29, 1.82) is 0 Å². The van der Waals surface area contributed by atoms with Crippen molar-refractivity contribution in [3.63, 3.8) is 0 Å². The lowest BCUT2D eigenvalue weighted by atomic mass is 10.1. The van der Waals surface area contributed by atoms with Crippen LogP contribution in [-0.2, 0) is 12.6 Å². The minimum atomic E-state index is -4.64. The van der Waals surface area contributed by atoms with E-state index in [0.29, 0.717) is 24.4 Å². The van der Waals surface area contributed by atoms with Crippen LogP contribution in [0, 0.1) is 6.92 Å². The predicted molar refractivity (Wildman–Crippen MR) is 85.8 cm³/mol. The fourth-order valence-corrected chi connectivity index (χ4v) is 2.25. The molecule has 0 saturated heterocycles. The van der Waals surface area contributed by atoms with Crippen molar-refractivity contribution in [2.75, 3.05) is 13.7 Å². The number of H-pyrrole nitrogens is 1. The van der Waals surface area contributed by atoms with Crippen molar-refractivity contribution in [3.8, 4) is 5.75 Å². The Labute approximate surface area is 141 Å². The molecule has 2 N–H and O–H groups in total. The summed E-state index contributed by atoms with van der Waals surface area (Å²) in [5, 5.41) is 2.45. The van der Waals surface area contributed by atoms with Crippen LogP contribution in [0.4, 0.5) is 13.2 Å². The highest BCUT2D eigenvalue weighted by Gasteiger charge is 2.32. The van der Waals surface area contributed by atoms with Crippen LogP contribution >= 0.6 is 0 Å². The van der Waals surface area contributed by atoms with Gasteiger partial charge in [0.1, 0.15) is 11.3 Å². The van der Waals surface area contributed by atoms with Gasteiger partial charge < -0.3 is 15.0 Å². The van der Waals surface area contributed by atoms with E-state index in [-0.39, 0.29) is 6.54 Å². The summed E-state index contributed by atoms with van der Waals surface area (Å²) >= 11 is 0. The maximum absolute atomic E-state index is 12.7. The molecule has 0 aliphatic heterocycles. The number of pyridine rings is 1. The number of hydrogen-bond donors (Lipinski definition) is 2. The lowest BCUT2D eigenvalue weighted by Crippen LogP contribution is -2.31. The molecule has 0 aliphatic carbocycles. The second-order valence-corrected chi connectivity index (χ2v) is 5.44. The molecule has 0 spiro atoms. The molecule has 0 bridgehead atoms. The molecular formula is C17H17F3N2O3. The Kier molecular flexibility index (Phi) is 5.51. The Morgan fingerprint density at radius 2 is 2.00 bits per heavy atom. The number of nitrogens with one attached hydrogen (secondary N) is 2. The normalized spacial score (nSPS) is 11.2. The smallest absolute Gasteiger partial charge is 0.417 e. The minimum absolute atomic E-state index is 0.167. The first-order valence-corrected chi connectivity index (χ1v) is 7.44. The fourth-order valence-electron chi connectivity index (χ4n) is 2.25. The van der Waals surface area contributed by atoms with Crippen LogP contribution in [0.1, 0.15) is 27.0 Å². The van der Waals surface area contributed by atoms with E-state index >= 15 is 0 Å². The molecule has 25 heavy (non-hydrogen) atoms. The summed E-state index contributed by atoms with van der Waals surface area (Å²) in [6, 6.07) is 6.09. The third kappa shape index (κ3) is 4.62. The van der Waals surface area contributed by atoms with Gasteiger partial charge in [0.2, 0.25) is 0 Å². The number of aryl methyl sites for hydroxylation is 1. The first kappa shape index (κ1) is 18.6. The Bertz CT molecular complexity index is 829. The van der Waals surface area contributed by atoms with Crippen LogP contribution < -0.4 is 15.6 Å². The van der Waals surface area contributed by atoms with Crippen molar-refractivity contribution in [1.82, 2.24) is 10.3 Å². The molecule has 0 atom stereocenters. The minimum Gasteiger partial charge on any atom is -0.496 e. The average Bonchev–Trinajstić information content (AvgIpc) is 2.55. The summed E-state index contributed by atoms with van der Waals surface area (Å²) in [4.78, 5) is 25.5. The van der Waals surface area contributed by atoms with Crippen molar-refractivity contribution < 1.29 is 22.7 Å². The number of amides is 1.